The molecule has 0 aromatic carbocycles. The van der Waals surface area contributed by atoms with Crippen LogP contribution in [0.1, 0.15) is 19.2 Å². The Labute approximate surface area is 70.4 Å². The van der Waals surface area contributed by atoms with Gasteiger partial charge in [-0.2, -0.15) is 4.98 Å². The summed E-state index contributed by atoms with van der Waals surface area (Å²) in [6, 6.07) is 1.87. The van der Waals surface area contributed by atoms with Gasteiger partial charge in [-0.25, -0.2) is 4.98 Å². The fraction of sp³-hybridized carbons (Fsp3) is 0.333. The molecule has 0 spiro atoms. The first kappa shape index (κ1) is 7.28. The molecule has 0 radical (unpaired) electrons. The zero-order valence-corrected chi connectivity index (χ0v) is 6.95. The quantitative estimate of drug-likeness (QED) is 0.679. The van der Waals surface area contributed by atoms with E-state index in [9.17, 15) is 0 Å². The molecule has 0 aliphatic rings. The number of fused-ring (bicyclic) bond motifs is 1. The average Bonchev–Trinajstić information content (AvgIpc) is 2.51. The Kier molecular flexibility index (Phi) is 1.78. The molecule has 0 saturated carbocycles. The number of nitrogens with zero attached hydrogens (tertiary/aromatic N) is 2. The van der Waals surface area contributed by atoms with Gasteiger partial charge in [-0.15, -0.1) is 0 Å². The van der Waals surface area contributed by atoms with Crippen molar-refractivity contribution in [2.45, 2.75) is 19.8 Å². The van der Waals surface area contributed by atoms with Gasteiger partial charge in [-0.3, -0.25) is 0 Å². The first-order chi connectivity index (χ1) is 5.90. The minimum absolute atomic E-state index is 0.688. The molecule has 3 heteroatoms. The number of furan rings is 1. The van der Waals surface area contributed by atoms with Crippen LogP contribution in [0, 0.1) is 0 Å². The van der Waals surface area contributed by atoms with Crippen LogP contribution < -0.4 is 0 Å². The summed E-state index contributed by atoms with van der Waals surface area (Å²) in [5.74, 6) is 0.861. The zero-order valence-electron chi connectivity index (χ0n) is 6.95. The maximum atomic E-state index is 5.15. The van der Waals surface area contributed by atoms with Crippen LogP contribution >= 0.6 is 0 Å². The van der Waals surface area contributed by atoms with E-state index >= 15 is 0 Å². The Morgan fingerprint density at radius 1 is 1.50 bits per heavy atom. The van der Waals surface area contributed by atoms with E-state index in [0.29, 0.717) is 5.71 Å². The monoisotopic (exact) mass is 162 g/mol. The molecule has 3 nitrogen and oxygen atoms in total. The Bertz CT molecular complexity index is 381. The van der Waals surface area contributed by atoms with E-state index in [2.05, 4.69) is 16.9 Å². The molecule has 2 aromatic heterocycles. The molecule has 0 amide bonds. The second kappa shape index (κ2) is 2.93. The van der Waals surface area contributed by atoms with Crippen molar-refractivity contribution in [3.63, 3.8) is 0 Å². The van der Waals surface area contributed by atoms with Crippen LogP contribution in [-0.4, -0.2) is 9.97 Å². The molecule has 2 rings (SSSR count). The number of aryl methyl sites for hydroxylation is 1. The van der Waals surface area contributed by atoms with Crippen molar-refractivity contribution >= 4 is 11.1 Å². The Hall–Kier alpha value is -1.38. The second-order valence-electron chi connectivity index (χ2n) is 2.72. The minimum atomic E-state index is 0.688. The van der Waals surface area contributed by atoms with Crippen LogP contribution in [0.25, 0.3) is 11.1 Å². The normalized spacial score (nSPS) is 10.8. The molecule has 0 fully saturated rings. The zero-order chi connectivity index (χ0) is 8.39. The lowest BCUT2D eigenvalue weighted by Gasteiger charge is -1.94. The molecule has 0 unspecified atom stereocenters. The molecular weight excluding hydrogens is 152 g/mol. The summed E-state index contributed by atoms with van der Waals surface area (Å²) < 4.78 is 5.15. The van der Waals surface area contributed by atoms with E-state index in [4.69, 9.17) is 4.42 Å². The highest BCUT2D eigenvalue weighted by Crippen LogP contribution is 2.11. The predicted molar refractivity (Wildman–Crippen MR) is 45.8 cm³/mol. The molecule has 12 heavy (non-hydrogen) atoms. The predicted octanol–water partition coefficient (Wildman–Crippen LogP) is 2.18. The van der Waals surface area contributed by atoms with Gasteiger partial charge in [-0.05, 0) is 12.5 Å². The molecular formula is C9H10N2O. The third kappa shape index (κ3) is 1.18. The molecule has 62 valence electrons. The third-order valence-electron chi connectivity index (χ3n) is 1.73. The number of hydrogen-bond acceptors (Lipinski definition) is 3. The highest BCUT2D eigenvalue weighted by Gasteiger charge is 2.00. The van der Waals surface area contributed by atoms with Gasteiger partial charge in [0.1, 0.15) is 5.82 Å². The molecule has 0 aliphatic heterocycles. The van der Waals surface area contributed by atoms with Gasteiger partial charge in [-0.1, -0.05) is 6.92 Å². The number of hydrogen-bond donors (Lipinski definition) is 0. The fourth-order valence-corrected chi connectivity index (χ4v) is 1.13. The van der Waals surface area contributed by atoms with E-state index in [1.807, 2.05) is 6.07 Å². The standard InChI is InChI=1S/C9H10N2O/c1-2-3-8-10-6-7-4-5-12-9(7)11-8/h4-6H,2-3H2,1H3. The molecule has 0 atom stereocenters. The summed E-state index contributed by atoms with van der Waals surface area (Å²) >= 11 is 0. The molecule has 0 saturated heterocycles. The first-order valence-corrected chi connectivity index (χ1v) is 4.09. The van der Waals surface area contributed by atoms with E-state index < -0.39 is 0 Å². The van der Waals surface area contributed by atoms with E-state index in [-0.39, 0.29) is 0 Å². The van der Waals surface area contributed by atoms with Crippen LogP contribution in [0.3, 0.4) is 0 Å². The van der Waals surface area contributed by atoms with Crippen LogP contribution in [0.5, 0.6) is 0 Å². The summed E-state index contributed by atoms with van der Waals surface area (Å²) in [4.78, 5) is 8.44. The van der Waals surface area contributed by atoms with Gasteiger partial charge in [0.15, 0.2) is 0 Å². The minimum Gasteiger partial charge on any atom is -0.446 e. The summed E-state index contributed by atoms with van der Waals surface area (Å²) in [6.07, 6.45) is 5.41. The van der Waals surface area contributed by atoms with Crippen molar-refractivity contribution in [2.24, 2.45) is 0 Å². The van der Waals surface area contributed by atoms with Crippen LogP contribution in [-0.2, 0) is 6.42 Å². The van der Waals surface area contributed by atoms with Gasteiger partial charge in [0, 0.05) is 12.6 Å². The van der Waals surface area contributed by atoms with Crippen LogP contribution in [0.4, 0.5) is 0 Å². The molecule has 2 heterocycles. The summed E-state index contributed by atoms with van der Waals surface area (Å²) in [5.41, 5.74) is 0.688. The average molecular weight is 162 g/mol. The smallest absolute Gasteiger partial charge is 0.229 e. The molecule has 0 N–H and O–H groups in total. The summed E-state index contributed by atoms with van der Waals surface area (Å²) in [7, 11) is 0. The SMILES string of the molecule is CCCc1ncc2ccoc2n1. The topological polar surface area (TPSA) is 38.9 Å². The first-order valence-electron chi connectivity index (χ1n) is 4.09. The van der Waals surface area contributed by atoms with E-state index in [1.54, 1.807) is 12.5 Å². The molecule has 0 bridgehead atoms. The van der Waals surface area contributed by atoms with Crippen molar-refractivity contribution in [2.75, 3.05) is 0 Å². The number of aromatic nitrogens is 2. The van der Waals surface area contributed by atoms with Gasteiger partial charge in [0.2, 0.25) is 5.71 Å². The summed E-state index contributed by atoms with van der Waals surface area (Å²) in [6.45, 7) is 2.11. The van der Waals surface area contributed by atoms with Crippen molar-refractivity contribution < 1.29 is 4.42 Å². The Morgan fingerprint density at radius 3 is 3.25 bits per heavy atom. The second-order valence-corrected chi connectivity index (χ2v) is 2.72. The van der Waals surface area contributed by atoms with Gasteiger partial charge in [0.05, 0.1) is 11.6 Å². The third-order valence-corrected chi connectivity index (χ3v) is 1.73. The van der Waals surface area contributed by atoms with Gasteiger partial charge in [0.25, 0.3) is 0 Å². The Morgan fingerprint density at radius 2 is 2.42 bits per heavy atom. The summed E-state index contributed by atoms with van der Waals surface area (Å²) in [5, 5.41) is 0.967. The highest BCUT2D eigenvalue weighted by molar-refractivity contribution is 5.71. The lowest BCUT2D eigenvalue weighted by molar-refractivity contribution is 0.598. The maximum Gasteiger partial charge on any atom is 0.229 e. The van der Waals surface area contributed by atoms with E-state index in [0.717, 1.165) is 24.1 Å². The van der Waals surface area contributed by atoms with Gasteiger partial charge >= 0.3 is 0 Å². The Balaban J connectivity index is 2.46. The van der Waals surface area contributed by atoms with Crippen molar-refractivity contribution in [3.05, 3.63) is 24.4 Å². The van der Waals surface area contributed by atoms with E-state index in [1.165, 1.54) is 0 Å². The van der Waals surface area contributed by atoms with Crippen molar-refractivity contribution in [3.8, 4) is 0 Å². The van der Waals surface area contributed by atoms with Crippen molar-refractivity contribution in [1.82, 2.24) is 9.97 Å². The van der Waals surface area contributed by atoms with Crippen LogP contribution in [0.15, 0.2) is 22.9 Å². The fourth-order valence-electron chi connectivity index (χ4n) is 1.13. The lowest BCUT2D eigenvalue weighted by Crippen LogP contribution is -1.92. The number of rotatable bonds is 2. The maximum absolute atomic E-state index is 5.15. The van der Waals surface area contributed by atoms with Gasteiger partial charge < -0.3 is 4.42 Å². The highest BCUT2D eigenvalue weighted by atomic mass is 16.3. The molecule has 2 aromatic rings. The van der Waals surface area contributed by atoms with Crippen molar-refractivity contribution in [1.29, 1.82) is 0 Å². The molecule has 0 aliphatic carbocycles. The van der Waals surface area contributed by atoms with Crippen LogP contribution in [0.2, 0.25) is 0 Å². The largest absolute Gasteiger partial charge is 0.446 e. The lowest BCUT2D eigenvalue weighted by atomic mass is 10.3.